The summed E-state index contributed by atoms with van der Waals surface area (Å²) in [5.41, 5.74) is 2.91. The fraction of sp³-hybridized carbons (Fsp3) is 0.435. The Morgan fingerprint density at radius 1 is 1.16 bits per heavy atom. The molecule has 0 saturated heterocycles. The number of aryl methyl sites for hydroxylation is 2. The van der Waals surface area contributed by atoms with Crippen LogP contribution in [0.2, 0.25) is 5.02 Å². The zero-order valence-electron chi connectivity index (χ0n) is 18.4. The number of aromatic nitrogens is 1. The maximum atomic E-state index is 12.9. The van der Waals surface area contributed by atoms with E-state index < -0.39 is 6.09 Å². The van der Waals surface area contributed by atoms with Gasteiger partial charge in [-0.25, -0.2) is 4.79 Å². The lowest BCUT2D eigenvalue weighted by Crippen LogP contribution is -2.39. The van der Waals surface area contributed by atoms with Crippen molar-refractivity contribution >= 4 is 23.6 Å². The Morgan fingerprint density at radius 2 is 1.84 bits per heavy atom. The molecule has 0 spiro atoms. The first-order valence-electron chi connectivity index (χ1n) is 10.6. The number of benzene rings is 1. The first-order chi connectivity index (χ1) is 15.1. The van der Waals surface area contributed by atoms with Gasteiger partial charge >= 0.3 is 6.09 Å². The van der Waals surface area contributed by atoms with E-state index in [1.54, 1.807) is 26.0 Å². The van der Waals surface area contributed by atoms with Gasteiger partial charge in [0.25, 0.3) is 5.91 Å². The van der Waals surface area contributed by atoms with Crippen molar-refractivity contribution in [3.05, 3.63) is 61.5 Å². The van der Waals surface area contributed by atoms with Gasteiger partial charge in [0.05, 0.1) is 6.10 Å². The van der Waals surface area contributed by atoms with Crippen LogP contribution in [0.25, 0.3) is 0 Å². The van der Waals surface area contributed by atoms with E-state index in [-0.39, 0.29) is 30.0 Å². The minimum absolute atomic E-state index is 0.0671. The van der Waals surface area contributed by atoms with Crippen LogP contribution in [0.5, 0.6) is 5.75 Å². The summed E-state index contributed by atoms with van der Waals surface area (Å²) in [6.45, 7) is 5.50. The van der Waals surface area contributed by atoms with Crippen molar-refractivity contribution in [1.29, 1.82) is 0 Å². The average Bonchev–Trinajstić information content (AvgIpc) is 2.70. The van der Waals surface area contributed by atoms with Crippen LogP contribution in [0.3, 0.4) is 0 Å². The van der Waals surface area contributed by atoms with Crippen LogP contribution in [0.15, 0.2) is 23.0 Å². The molecule has 4 N–H and O–H groups in total. The quantitative estimate of drug-likeness (QED) is 0.520. The molecule has 1 aromatic heterocycles. The summed E-state index contributed by atoms with van der Waals surface area (Å²) in [6, 6.07) is 4.71. The highest BCUT2D eigenvalue weighted by Crippen LogP contribution is 2.31. The highest BCUT2D eigenvalue weighted by molar-refractivity contribution is 6.31. The average molecular weight is 462 g/mol. The van der Waals surface area contributed by atoms with E-state index in [1.807, 2.05) is 6.92 Å². The summed E-state index contributed by atoms with van der Waals surface area (Å²) >= 11 is 6.26. The first kappa shape index (κ1) is 23.7. The molecule has 0 bridgehead atoms. The lowest BCUT2D eigenvalue weighted by molar-refractivity contribution is 0.0948. The lowest BCUT2D eigenvalue weighted by Gasteiger charge is -2.29. The predicted octanol–water partition coefficient (Wildman–Crippen LogP) is 3.84. The molecule has 1 aromatic carbocycles. The third kappa shape index (κ3) is 5.82. The standard InChI is InChI=1S/C23H28ClN3O5/c1-12-8-20(28)19(14(3)26-12)11-25-22(29)18-9-15(24)10-21(13(18)2)32-17-6-4-16(5-7-17)27-23(30)31/h8-10,16-17,27H,4-7,11H2,1-3H3,(H,25,29)(H,26,28)(H,30,31). The number of rotatable bonds is 6. The molecule has 8 nitrogen and oxygen atoms in total. The van der Waals surface area contributed by atoms with Crippen molar-refractivity contribution in [3.8, 4) is 5.75 Å². The summed E-state index contributed by atoms with van der Waals surface area (Å²) in [5.74, 6) is 0.185. The van der Waals surface area contributed by atoms with Crippen LogP contribution in [0, 0.1) is 20.8 Å². The van der Waals surface area contributed by atoms with Crippen LogP contribution in [0.1, 0.15) is 58.6 Å². The summed E-state index contributed by atoms with van der Waals surface area (Å²) in [5, 5.41) is 14.6. The molecule has 1 fully saturated rings. The molecule has 0 radical (unpaired) electrons. The van der Waals surface area contributed by atoms with Crippen molar-refractivity contribution in [2.75, 3.05) is 0 Å². The van der Waals surface area contributed by atoms with E-state index in [0.717, 1.165) is 11.4 Å². The molecule has 0 aliphatic heterocycles. The minimum atomic E-state index is -1.02. The molecular formula is C23H28ClN3O5. The molecule has 0 atom stereocenters. The second-order valence-corrected chi connectivity index (χ2v) is 8.66. The molecule has 2 aromatic rings. The van der Waals surface area contributed by atoms with Gasteiger partial charge in [-0.15, -0.1) is 0 Å². The second-order valence-electron chi connectivity index (χ2n) is 8.22. The molecular weight excluding hydrogens is 434 g/mol. The van der Waals surface area contributed by atoms with Gasteiger partial charge in [-0.3, -0.25) is 9.59 Å². The van der Waals surface area contributed by atoms with Gasteiger partial charge in [0.15, 0.2) is 5.43 Å². The van der Waals surface area contributed by atoms with Crippen LogP contribution in [0.4, 0.5) is 4.79 Å². The summed E-state index contributed by atoms with van der Waals surface area (Å²) in [4.78, 5) is 39.0. The van der Waals surface area contributed by atoms with E-state index in [1.165, 1.54) is 6.07 Å². The van der Waals surface area contributed by atoms with Gasteiger partial charge in [0.1, 0.15) is 5.75 Å². The van der Waals surface area contributed by atoms with Gasteiger partial charge < -0.3 is 25.5 Å². The summed E-state index contributed by atoms with van der Waals surface area (Å²) in [7, 11) is 0. The fourth-order valence-corrected chi connectivity index (χ4v) is 4.26. The Hall–Kier alpha value is -3.00. The Kier molecular flexibility index (Phi) is 7.45. The fourth-order valence-electron chi connectivity index (χ4n) is 4.05. The molecule has 1 saturated carbocycles. The Morgan fingerprint density at radius 3 is 2.47 bits per heavy atom. The van der Waals surface area contributed by atoms with Gasteiger partial charge in [0, 0.05) is 51.8 Å². The number of carbonyl (C=O) groups excluding carboxylic acids is 1. The Balaban J connectivity index is 1.69. The molecule has 1 heterocycles. The van der Waals surface area contributed by atoms with E-state index in [0.29, 0.717) is 53.1 Å². The molecule has 1 aliphatic rings. The molecule has 3 rings (SSSR count). The third-order valence-corrected chi connectivity index (χ3v) is 5.99. The van der Waals surface area contributed by atoms with Crippen molar-refractivity contribution < 1.29 is 19.4 Å². The number of amides is 2. The lowest BCUT2D eigenvalue weighted by atomic mass is 9.93. The van der Waals surface area contributed by atoms with E-state index in [9.17, 15) is 14.4 Å². The van der Waals surface area contributed by atoms with Crippen LogP contribution in [-0.2, 0) is 6.54 Å². The minimum Gasteiger partial charge on any atom is -0.490 e. The molecule has 172 valence electrons. The largest absolute Gasteiger partial charge is 0.490 e. The number of pyridine rings is 1. The van der Waals surface area contributed by atoms with Crippen molar-refractivity contribution in [1.82, 2.24) is 15.6 Å². The van der Waals surface area contributed by atoms with Gasteiger partial charge in [-0.1, -0.05) is 11.6 Å². The first-order valence-corrected chi connectivity index (χ1v) is 11.0. The summed E-state index contributed by atoms with van der Waals surface area (Å²) < 4.78 is 6.13. The Labute approximate surface area is 191 Å². The third-order valence-electron chi connectivity index (χ3n) is 5.77. The van der Waals surface area contributed by atoms with Crippen LogP contribution < -0.4 is 20.8 Å². The SMILES string of the molecule is Cc1cc(=O)c(CNC(=O)c2cc(Cl)cc(OC3CCC(NC(=O)O)CC3)c2C)c(C)[nH]1. The number of hydrogen-bond donors (Lipinski definition) is 4. The molecule has 0 unspecified atom stereocenters. The van der Waals surface area contributed by atoms with E-state index in [2.05, 4.69) is 15.6 Å². The normalized spacial score (nSPS) is 18.1. The topological polar surface area (TPSA) is 121 Å². The Bertz CT molecular complexity index is 1070. The van der Waals surface area contributed by atoms with Crippen LogP contribution in [-0.4, -0.2) is 34.2 Å². The van der Waals surface area contributed by atoms with Crippen molar-refractivity contribution in [2.24, 2.45) is 0 Å². The molecule has 9 heteroatoms. The smallest absolute Gasteiger partial charge is 0.404 e. The number of hydrogen-bond acceptors (Lipinski definition) is 4. The zero-order valence-corrected chi connectivity index (χ0v) is 19.1. The number of carbonyl (C=O) groups is 2. The molecule has 2 amide bonds. The highest BCUT2D eigenvalue weighted by atomic mass is 35.5. The maximum Gasteiger partial charge on any atom is 0.404 e. The van der Waals surface area contributed by atoms with Crippen molar-refractivity contribution in [2.45, 2.75) is 65.1 Å². The second kappa shape index (κ2) is 10.1. The van der Waals surface area contributed by atoms with Crippen LogP contribution >= 0.6 is 11.6 Å². The number of carboxylic acid groups (broad SMARTS) is 1. The zero-order chi connectivity index (χ0) is 23.4. The van der Waals surface area contributed by atoms with E-state index >= 15 is 0 Å². The maximum absolute atomic E-state index is 12.9. The number of H-pyrrole nitrogens is 1. The molecule has 32 heavy (non-hydrogen) atoms. The van der Waals surface area contributed by atoms with E-state index in [4.69, 9.17) is 21.4 Å². The highest BCUT2D eigenvalue weighted by Gasteiger charge is 2.25. The number of nitrogens with one attached hydrogen (secondary N) is 3. The summed E-state index contributed by atoms with van der Waals surface area (Å²) in [6.07, 6.45) is 1.69. The molecule has 1 aliphatic carbocycles. The number of ether oxygens (including phenoxy) is 1. The predicted molar refractivity (Wildman–Crippen MR) is 122 cm³/mol. The van der Waals surface area contributed by atoms with Crippen molar-refractivity contribution in [3.63, 3.8) is 0 Å². The number of aromatic amines is 1. The van der Waals surface area contributed by atoms with Gasteiger partial charge in [0.2, 0.25) is 0 Å². The van der Waals surface area contributed by atoms with Gasteiger partial charge in [-0.05, 0) is 58.6 Å². The van der Waals surface area contributed by atoms with Gasteiger partial charge in [-0.2, -0.15) is 0 Å². The monoisotopic (exact) mass is 461 g/mol. The number of halogens is 1.